The maximum atomic E-state index is 11.9. The molecule has 1 fully saturated rings. The van der Waals surface area contributed by atoms with Crippen LogP contribution in [0.15, 0.2) is 0 Å². The Morgan fingerprint density at radius 3 is 2.69 bits per heavy atom. The number of hydrogen-bond acceptors (Lipinski definition) is 6. The van der Waals surface area contributed by atoms with Gasteiger partial charge in [-0.1, -0.05) is 11.3 Å². The third-order valence-electron chi connectivity index (χ3n) is 2.78. The summed E-state index contributed by atoms with van der Waals surface area (Å²) >= 11 is 1.11. The highest BCUT2D eigenvalue weighted by Gasteiger charge is 2.25. The third kappa shape index (κ3) is 2.30. The van der Waals surface area contributed by atoms with E-state index in [9.17, 15) is 4.79 Å². The summed E-state index contributed by atoms with van der Waals surface area (Å²) in [5, 5.41) is 17.0. The fourth-order valence-electron chi connectivity index (χ4n) is 1.77. The first kappa shape index (κ1) is 11.3. The molecule has 1 aliphatic heterocycles. The van der Waals surface area contributed by atoms with Gasteiger partial charge in [0.2, 0.25) is 10.1 Å². The second-order valence-electron chi connectivity index (χ2n) is 3.86. The van der Waals surface area contributed by atoms with Gasteiger partial charge in [-0.15, -0.1) is 10.2 Å². The van der Waals surface area contributed by atoms with Crippen LogP contribution < -0.4 is 5.73 Å². The van der Waals surface area contributed by atoms with E-state index in [0.717, 1.165) is 24.2 Å². The number of carbonyl (C=O) groups excluding carboxylic acids is 1. The Morgan fingerprint density at radius 1 is 1.50 bits per heavy atom. The zero-order chi connectivity index (χ0) is 11.5. The van der Waals surface area contributed by atoms with E-state index in [-0.39, 0.29) is 12.5 Å². The first-order chi connectivity index (χ1) is 7.70. The number of hydrogen-bond donors (Lipinski definition) is 2. The normalized spacial score (nSPS) is 17.7. The molecule has 1 saturated heterocycles. The highest BCUT2D eigenvalue weighted by Crippen LogP contribution is 2.20. The summed E-state index contributed by atoms with van der Waals surface area (Å²) in [5.41, 5.74) is 5.43. The fraction of sp³-hybridized carbons (Fsp3) is 0.667. The van der Waals surface area contributed by atoms with E-state index in [1.54, 1.807) is 4.90 Å². The number of likely N-dealkylation sites (tertiary alicyclic amines) is 1. The summed E-state index contributed by atoms with van der Waals surface area (Å²) in [5.74, 6) is 0.217. The molecular weight excluding hydrogens is 228 g/mol. The lowest BCUT2D eigenvalue weighted by Gasteiger charge is -2.30. The Hall–Kier alpha value is -1.21. The molecule has 0 spiro atoms. The van der Waals surface area contributed by atoms with Crippen molar-refractivity contribution >= 4 is 22.4 Å². The summed E-state index contributed by atoms with van der Waals surface area (Å²) < 4.78 is 0. The molecular formula is C9H14N4O2S. The SMILES string of the molecule is Nc1nnc(C(=O)N2CCC(CO)CC2)s1. The van der Waals surface area contributed by atoms with Gasteiger partial charge in [0.15, 0.2) is 0 Å². The molecule has 16 heavy (non-hydrogen) atoms. The molecule has 3 N–H and O–H groups in total. The van der Waals surface area contributed by atoms with Crippen molar-refractivity contribution in [1.82, 2.24) is 15.1 Å². The second-order valence-corrected chi connectivity index (χ2v) is 4.87. The average Bonchev–Trinajstić information content (AvgIpc) is 2.75. The van der Waals surface area contributed by atoms with E-state index < -0.39 is 0 Å². The van der Waals surface area contributed by atoms with Gasteiger partial charge >= 0.3 is 0 Å². The largest absolute Gasteiger partial charge is 0.396 e. The number of nitrogens with zero attached hydrogens (tertiary/aromatic N) is 3. The van der Waals surface area contributed by atoms with Crippen molar-refractivity contribution in [2.45, 2.75) is 12.8 Å². The minimum absolute atomic E-state index is 0.106. The molecule has 0 atom stereocenters. The molecule has 0 aromatic carbocycles. The second kappa shape index (κ2) is 4.75. The predicted molar refractivity (Wildman–Crippen MR) is 60.0 cm³/mol. The van der Waals surface area contributed by atoms with Crippen molar-refractivity contribution in [1.29, 1.82) is 0 Å². The lowest BCUT2D eigenvalue weighted by molar-refractivity contribution is 0.0649. The number of rotatable bonds is 2. The number of anilines is 1. The lowest BCUT2D eigenvalue weighted by Crippen LogP contribution is -2.39. The minimum Gasteiger partial charge on any atom is -0.396 e. The van der Waals surface area contributed by atoms with E-state index in [1.807, 2.05) is 0 Å². The molecule has 2 heterocycles. The van der Waals surface area contributed by atoms with Gasteiger partial charge in [-0.3, -0.25) is 4.79 Å². The van der Waals surface area contributed by atoms with Crippen molar-refractivity contribution in [3.8, 4) is 0 Å². The van der Waals surface area contributed by atoms with Crippen molar-refractivity contribution in [2.24, 2.45) is 5.92 Å². The molecule has 0 bridgehead atoms. The van der Waals surface area contributed by atoms with Crippen LogP contribution in [0.4, 0.5) is 5.13 Å². The van der Waals surface area contributed by atoms with Crippen LogP contribution in [-0.4, -0.2) is 45.8 Å². The predicted octanol–water partition coefficient (Wildman–Crippen LogP) is -0.0352. The number of aliphatic hydroxyl groups excluding tert-OH is 1. The molecule has 1 aromatic heterocycles. The van der Waals surface area contributed by atoms with Crippen LogP contribution in [0.3, 0.4) is 0 Å². The van der Waals surface area contributed by atoms with E-state index in [2.05, 4.69) is 10.2 Å². The summed E-state index contributed by atoms with van der Waals surface area (Å²) in [7, 11) is 0. The number of piperidine rings is 1. The number of amides is 1. The molecule has 1 aliphatic rings. The summed E-state index contributed by atoms with van der Waals surface area (Å²) in [4.78, 5) is 13.7. The Kier molecular flexibility index (Phi) is 3.35. The monoisotopic (exact) mass is 242 g/mol. The van der Waals surface area contributed by atoms with Crippen molar-refractivity contribution in [3.63, 3.8) is 0 Å². The van der Waals surface area contributed by atoms with Gasteiger partial charge in [-0.25, -0.2) is 0 Å². The van der Waals surface area contributed by atoms with Crippen LogP contribution in [-0.2, 0) is 0 Å². The zero-order valence-electron chi connectivity index (χ0n) is 8.80. The maximum absolute atomic E-state index is 11.9. The first-order valence-corrected chi connectivity index (χ1v) is 6.01. The highest BCUT2D eigenvalue weighted by atomic mass is 32.1. The number of nitrogen functional groups attached to an aromatic ring is 1. The summed E-state index contributed by atoms with van der Waals surface area (Å²) in [6, 6.07) is 0. The van der Waals surface area contributed by atoms with Crippen LogP contribution in [0.2, 0.25) is 0 Å². The van der Waals surface area contributed by atoms with Crippen molar-refractivity contribution in [2.75, 3.05) is 25.4 Å². The van der Waals surface area contributed by atoms with Gasteiger partial charge < -0.3 is 15.7 Å². The van der Waals surface area contributed by atoms with Gasteiger partial charge in [0.25, 0.3) is 5.91 Å². The van der Waals surface area contributed by atoms with Crippen LogP contribution in [0.1, 0.15) is 22.6 Å². The quantitative estimate of drug-likeness (QED) is 0.759. The zero-order valence-corrected chi connectivity index (χ0v) is 9.61. The number of aromatic nitrogens is 2. The van der Waals surface area contributed by atoms with Crippen molar-refractivity contribution < 1.29 is 9.90 Å². The number of carbonyl (C=O) groups is 1. The Balaban J connectivity index is 1.96. The van der Waals surface area contributed by atoms with Gasteiger partial charge in [0, 0.05) is 19.7 Å². The highest BCUT2D eigenvalue weighted by molar-refractivity contribution is 7.16. The maximum Gasteiger partial charge on any atom is 0.284 e. The molecule has 0 saturated carbocycles. The lowest BCUT2D eigenvalue weighted by atomic mass is 9.98. The van der Waals surface area contributed by atoms with Gasteiger partial charge in [-0.05, 0) is 18.8 Å². The molecule has 2 rings (SSSR count). The molecule has 0 radical (unpaired) electrons. The Morgan fingerprint density at radius 2 is 2.19 bits per heavy atom. The van der Waals surface area contributed by atoms with Gasteiger partial charge in [-0.2, -0.15) is 0 Å². The smallest absolute Gasteiger partial charge is 0.284 e. The number of nitrogens with two attached hydrogens (primary N) is 1. The van der Waals surface area contributed by atoms with Crippen LogP contribution in [0, 0.1) is 5.92 Å². The van der Waals surface area contributed by atoms with Gasteiger partial charge in [0.1, 0.15) is 0 Å². The minimum atomic E-state index is -0.106. The molecule has 1 aromatic rings. The van der Waals surface area contributed by atoms with E-state index >= 15 is 0 Å². The molecule has 88 valence electrons. The molecule has 6 nitrogen and oxygen atoms in total. The van der Waals surface area contributed by atoms with E-state index in [0.29, 0.717) is 29.1 Å². The third-order valence-corrected chi connectivity index (χ3v) is 3.52. The van der Waals surface area contributed by atoms with Crippen LogP contribution in [0.25, 0.3) is 0 Å². The first-order valence-electron chi connectivity index (χ1n) is 5.20. The molecule has 0 aliphatic carbocycles. The number of aliphatic hydroxyl groups is 1. The summed E-state index contributed by atoms with van der Waals surface area (Å²) in [6.45, 7) is 1.54. The standard InChI is InChI=1S/C9H14N4O2S/c10-9-12-11-7(16-9)8(15)13-3-1-6(5-14)2-4-13/h6,14H,1-5H2,(H2,10,12). The molecule has 1 amide bonds. The van der Waals surface area contributed by atoms with Gasteiger partial charge in [0.05, 0.1) is 0 Å². The topological polar surface area (TPSA) is 92.3 Å². The molecule has 0 unspecified atom stereocenters. The average molecular weight is 242 g/mol. The van der Waals surface area contributed by atoms with E-state index in [1.165, 1.54) is 0 Å². The molecule has 7 heteroatoms. The summed E-state index contributed by atoms with van der Waals surface area (Å²) in [6.07, 6.45) is 1.69. The Labute approximate surface area is 97.1 Å². The van der Waals surface area contributed by atoms with Crippen LogP contribution >= 0.6 is 11.3 Å². The van der Waals surface area contributed by atoms with Crippen molar-refractivity contribution in [3.05, 3.63) is 5.01 Å². The van der Waals surface area contributed by atoms with E-state index in [4.69, 9.17) is 10.8 Å². The Bertz CT molecular complexity index is 373. The fourth-order valence-corrected chi connectivity index (χ4v) is 2.35. The van der Waals surface area contributed by atoms with Crippen LogP contribution in [0.5, 0.6) is 0 Å².